The maximum Gasteiger partial charge on any atom is 0.188 e. The first-order chi connectivity index (χ1) is 9.01. The molecule has 0 fully saturated rings. The number of hydrogen-bond acceptors (Lipinski definition) is 4. The molecule has 100 valence electrons. The molecule has 1 aromatic rings. The van der Waals surface area contributed by atoms with Gasteiger partial charge in [0.05, 0.1) is 5.69 Å². The number of carbonyl (C=O) groups excluding carboxylic acids is 1. The number of Topliss-reactive ketones (excluding diaryl/α,β-unsaturated/α-hetero) is 1. The van der Waals surface area contributed by atoms with Gasteiger partial charge >= 0.3 is 0 Å². The summed E-state index contributed by atoms with van der Waals surface area (Å²) in [4.78, 5) is 11.6. The smallest absolute Gasteiger partial charge is 0.188 e. The molecule has 0 saturated carbocycles. The minimum Gasteiger partial charge on any atom is -0.353 e. The molecule has 0 amide bonds. The maximum atomic E-state index is 11.6. The average molecular weight is 258 g/mol. The number of benzene rings is 1. The standard InChI is InChI=1S/C15H18N2O2/c1-11(2)15(19-4)10-14(12(3)18)16-17(15)13-8-6-5-7-9-13/h5-9H,1,10H2,2-4H3. The lowest BCUT2D eigenvalue weighted by molar-refractivity contribution is -0.111. The molecule has 0 N–H and O–H groups in total. The lowest BCUT2D eigenvalue weighted by atomic mass is 9.98. The summed E-state index contributed by atoms with van der Waals surface area (Å²) in [5.74, 6) is -0.0406. The Morgan fingerprint density at radius 3 is 2.47 bits per heavy atom. The lowest BCUT2D eigenvalue weighted by Crippen LogP contribution is -2.45. The number of carbonyl (C=O) groups is 1. The fraction of sp³-hybridized carbons (Fsp3) is 0.333. The van der Waals surface area contributed by atoms with Crippen molar-refractivity contribution in [3.63, 3.8) is 0 Å². The van der Waals surface area contributed by atoms with Gasteiger partial charge < -0.3 is 4.74 Å². The van der Waals surface area contributed by atoms with E-state index in [-0.39, 0.29) is 5.78 Å². The maximum absolute atomic E-state index is 11.6. The van der Waals surface area contributed by atoms with Gasteiger partial charge in [-0.2, -0.15) is 5.10 Å². The highest BCUT2D eigenvalue weighted by molar-refractivity contribution is 6.40. The van der Waals surface area contributed by atoms with Crippen LogP contribution in [0.1, 0.15) is 20.3 Å². The predicted molar refractivity (Wildman–Crippen MR) is 76.2 cm³/mol. The van der Waals surface area contributed by atoms with Crippen LogP contribution in [0.5, 0.6) is 0 Å². The van der Waals surface area contributed by atoms with E-state index in [4.69, 9.17) is 4.74 Å². The van der Waals surface area contributed by atoms with Gasteiger partial charge in [-0.1, -0.05) is 24.8 Å². The first kappa shape index (κ1) is 13.5. The molecule has 1 aliphatic rings. The number of methoxy groups -OCH3 is 1. The number of ether oxygens (including phenoxy) is 1. The Hall–Kier alpha value is -1.94. The van der Waals surface area contributed by atoms with Crippen molar-refractivity contribution >= 4 is 17.2 Å². The van der Waals surface area contributed by atoms with Crippen LogP contribution in [-0.2, 0) is 9.53 Å². The number of hydrogen-bond donors (Lipinski definition) is 0. The molecule has 1 atom stereocenters. The second-order valence-corrected chi connectivity index (χ2v) is 4.70. The summed E-state index contributed by atoms with van der Waals surface area (Å²) >= 11 is 0. The molecule has 0 bridgehead atoms. The van der Waals surface area contributed by atoms with Crippen molar-refractivity contribution in [3.05, 3.63) is 42.5 Å². The zero-order chi connectivity index (χ0) is 14.0. The normalized spacial score (nSPS) is 22.3. The summed E-state index contributed by atoms with van der Waals surface area (Å²) < 4.78 is 5.67. The largest absolute Gasteiger partial charge is 0.353 e. The van der Waals surface area contributed by atoms with Crippen molar-refractivity contribution in [1.29, 1.82) is 0 Å². The van der Waals surface area contributed by atoms with E-state index in [2.05, 4.69) is 11.7 Å². The zero-order valence-electron chi connectivity index (χ0n) is 11.5. The van der Waals surface area contributed by atoms with E-state index in [9.17, 15) is 4.79 Å². The molecule has 0 saturated heterocycles. The third-order valence-corrected chi connectivity index (χ3v) is 3.38. The first-order valence-corrected chi connectivity index (χ1v) is 6.16. The van der Waals surface area contributed by atoms with Gasteiger partial charge in [-0.05, 0) is 24.6 Å². The van der Waals surface area contributed by atoms with Gasteiger partial charge in [0.15, 0.2) is 11.5 Å². The Morgan fingerprint density at radius 2 is 2.00 bits per heavy atom. The molecule has 2 rings (SSSR count). The molecule has 4 heteroatoms. The van der Waals surface area contributed by atoms with Gasteiger partial charge in [0.2, 0.25) is 0 Å². The van der Waals surface area contributed by atoms with E-state index >= 15 is 0 Å². The summed E-state index contributed by atoms with van der Waals surface area (Å²) in [5, 5.41) is 6.16. The number of rotatable bonds is 4. The minimum absolute atomic E-state index is 0.0406. The predicted octanol–water partition coefficient (Wildman–Crippen LogP) is 2.76. The van der Waals surface area contributed by atoms with Gasteiger partial charge in [0.25, 0.3) is 0 Å². The van der Waals surface area contributed by atoms with E-state index in [1.807, 2.05) is 37.3 Å². The zero-order valence-corrected chi connectivity index (χ0v) is 11.5. The van der Waals surface area contributed by atoms with E-state index in [0.717, 1.165) is 11.3 Å². The quantitative estimate of drug-likeness (QED) is 0.780. The lowest BCUT2D eigenvalue weighted by Gasteiger charge is -2.36. The molecular weight excluding hydrogens is 240 g/mol. The summed E-state index contributed by atoms with van der Waals surface area (Å²) in [6.07, 6.45) is 0.420. The first-order valence-electron chi connectivity index (χ1n) is 6.16. The van der Waals surface area contributed by atoms with Crippen LogP contribution in [0.3, 0.4) is 0 Å². The van der Waals surface area contributed by atoms with Crippen LogP contribution in [0.25, 0.3) is 0 Å². The van der Waals surface area contributed by atoms with Crippen LogP contribution in [0.4, 0.5) is 5.69 Å². The number of ketones is 1. The van der Waals surface area contributed by atoms with Crippen LogP contribution in [-0.4, -0.2) is 24.3 Å². The van der Waals surface area contributed by atoms with Gasteiger partial charge in [0.1, 0.15) is 5.71 Å². The third kappa shape index (κ3) is 2.19. The molecule has 1 aromatic carbocycles. The Bertz CT molecular complexity index is 536. The van der Waals surface area contributed by atoms with Crippen LogP contribution in [0, 0.1) is 0 Å². The second-order valence-electron chi connectivity index (χ2n) is 4.70. The van der Waals surface area contributed by atoms with Crippen molar-refractivity contribution in [3.8, 4) is 0 Å². The molecule has 0 spiro atoms. The highest BCUT2D eigenvalue weighted by atomic mass is 16.5. The Morgan fingerprint density at radius 1 is 1.37 bits per heavy atom. The van der Waals surface area contributed by atoms with Crippen molar-refractivity contribution in [2.24, 2.45) is 5.10 Å². The summed E-state index contributed by atoms with van der Waals surface area (Å²) in [5.41, 5.74) is 1.43. The molecule has 4 nitrogen and oxygen atoms in total. The number of para-hydroxylation sites is 1. The Balaban J connectivity index is 2.51. The fourth-order valence-corrected chi connectivity index (χ4v) is 2.23. The van der Waals surface area contributed by atoms with Crippen LogP contribution in [0.15, 0.2) is 47.6 Å². The third-order valence-electron chi connectivity index (χ3n) is 3.38. The highest BCUT2D eigenvalue weighted by Crippen LogP contribution is 2.38. The molecule has 0 aromatic heterocycles. The van der Waals surface area contributed by atoms with Gasteiger partial charge in [0, 0.05) is 20.5 Å². The van der Waals surface area contributed by atoms with E-state index < -0.39 is 5.72 Å². The van der Waals surface area contributed by atoms with E-state index in [0.29, 0.717) is 12.1 Å². The van der Waals surface area contributed by atoms with Crippen LogP contribution >= 0.6 is 0 Å². The topological polar surface area (TPSA) is 41.9 Å². The number of anilines is 1. The highest BCUT2D eigenvalue weighted by Gasteiger charge is 2.45. The molecule has 1 heterocycles. The number of nitrogens with zero attached hydrogens (tertiary/aromatic N) is 2. The molecule has 1 unspecified atom stereocenters. The van der Waals surface area contributed by atoms with Crippen LogP contribution in [0.2, 0.25) is 0 Å². The van der Waals surface area contributed by atoms with E-state index in [1.54, 1.807) is 12.1 Å². The molecular formula is C15H18N2O2. The minimum atomic E-state index is -0.775. The van der Waals surface area contributed by atoms with E-state index in [1.165, 1.54) is 6.92 Å². The van der Waals surface area contributed by atoms with Gasteiger partial charge in [-0.25, -0.2) is 5.01 Å². The molecule has 1 aliphatic heterocycles. The summed E-state index contributed by atoms with van der Waals surface area (Å²) in [6, 6.07) is 9.65. The fourth-order valence-electron chi connectivity index (χ4n) is 2.23. The summed E-state index contributed by atoms with van der Waals surface area (Å²) in [7, 11) is 1.61. The number of hydrazone groups is 1. The monoisotopic (exact) mass is 258 g/mol. The Kier molecular flexibility index (Phi) is 3.53. The average Bonchev–Trinajstić information content (AvgIpc) is 2.81. The SMILES string of the molecule is C=C(C)C1(OC)CC(C(C)=O)=NN1c1ccccc1. The Labute approximate surface area is 113 Å². The molecule has 0 radical (unpaired) electrons. The van der Waals surface area contributed by atoms with Gasteiger partial charge in [-0.15, -0.1) is 0 Å². The van der Waals surface area contributed by atoms with Crippen molar-refractivity contribution in [2.75, 3.05) is 12.1 Å². The molecule has 0 aliphatic carbocycles. The van der Waals surface area contributed by atoms with Gasteiger partial charge in [-0.3, -0.25) is 4.79 Å². The second kappa shape index (κ2) is 4.97. The summed E-state index contributed by atoms with van der Waals surface area (Å²) in [6.45, 7) is 7.41. The van der Waals surface area contributed by atoms with Crippen molar-refractivity contribution < 1.29 is 9.53 Å². The molecule has 19 heavy (non-hydrogen) atoms. The van der Waals surface area contributed by atoms with Crippen molar-refractivity contribution in [2.45, 2.75) is 26.0 Å². The van der Waals surface area contributed by atoms with Crippen molar-refractivity contribution in [1.82, 2.24) is 0 Å². The van der Waals surface area contributed by atoms with Crippen LogP contribution < -0.4 is 5.01 Å².